The number of aryl methyl sites for hydroxylation is 1. The largest absolute Gasteiger partial charge is 0.383 e. The Morgan fingerprint density at radius 3 is 2.37 bits per heavy atom. The Hall–Kier alpha value is -5.19. The van der Waals surface area contributed by atoms with Crippen LogP contribution in [0.25, 0.3) is 44.2 Å². The van der Waals surface area contributed by atoms with E-state index in [1.807, 2.05) is 18.4 Å². The van der Waals surface area contributed by atoms with E-state index in [2.05, 4.69) is 20.3 Å². The van der Waals surface area contributed by atoms with Crippen LogP contribution in [0.4, 0.5) is 30.5 Å². The molecule has 0 radical (unpaired) electrons. The number of nitrogens with one attached hydrogen (secondary N) is 1. The fraction of sp³-hybridized carbons (Fsp3) is 0.133. The van der Waals surface area contributed by atoms with Crippen LogP contribution in [0.5, 0.6) is 0 Å². The van der Waals surface area contributed by atoms with Crippen molar-refractivity contribution in [2.75, 3.05) is 11.1 Å². The highest BCUT2D eigenvalue weighted by Crippen LogP contribution is 2.36. The average Bonchev–Trinajstić information content (AvgIpc) is 3.28. The molecule has 6 rings (SSSR count). The number of anilines is 3. The van der Waals surface area contributed by atoms with Crippen molar-refractivity contribution in [3.63, 3.8) is 0 Å². The number of halogens is 3. The molecule has 3 N–H and O–H groups in total. The van der Waals surface area contributed by atoms with Crippen LogP contribution < -0.4 is 16.5 Å². The summed E-state index contributed by atoms with van der Waals surface area (Å²) in [4.78, 5) is 26.3. The van der Waals surface area contributed by atoms with Gasteiger partial charge in [0.2, 0.25) is 5.43 Å². The lowest BCUT2D eigenvalue weighted by Crippen LogP contribution is -2.15. The molecule has 206 valence electrons. The minimum Gasteiger partial charge on any atom is -0.383 e. The summed E-state index contributed by atoms with van der Waals surface area (Å²) in [6.07, 6.45) is 6.11. The van der Waals surface area contributed by atoms with Crippen LogP contribution in [-0.4, -0.2) is 24.1 Å². The van der Waals surface area contributed by atoms with Gasteiger partial charge in [-0.3, -0.25) is 4.79 Å². The van der Waals surface area contributed by atoms with Gasteiger partial charge in [0.25, 0.3) is 0 Å². The summed E-state index contributed by atoms with van der Waals surface area (Å²) in [7, 11) is 1.72. The maximum Gasteiger partial charge on any atom is 0.200 e. The number of aromatic nitrogens is 5. The van der Waals surface area contributed by atoms with E-state index in [0.29, 0.717) is 33.2 Å². The molecule has 0 aliphatic carbocycles. The molecular weight excluding hydrogens is 531 g/mol. The molecule has 0 aliphatic rings. The zero-order valence-corrected chi connectivity index (χ0v) is 22.3. The van der Waals surface area contributed by atoms with Gasteiger partial charge in [-0.1, -0.05) is 12.1 Å². The molecule has 41 heavy (non-hydrogen) atoms. The lowest BCUT2D eigenvalue weighted by molar-refractivity contribution is 0.606. The molecule has 0 saturated carbocycles. The summed E-state index contributed by atoms with van der Waals surface area (Å²) in [6.45, 7) is 3.90. The topological polar surface area (TPSA) is 104 Å². The zero-order valence-electron chi connectivity index (χ0n) is 22.3. The van der Waals surface area contributed by atoms with Gasteiger partial charge >= 0.3 is 0 Å². The first-order chi connectivity index (χ1) is 19.6. The summed E-state index contributed by atoms with van der Waals surface area (Å²) in [5.41, 5.74) is 7.63. The van der Waals surface area contributed by atoms with E-state index in [1.165, 1.54) is 36.8 Å². The Bertz CT molecular complexity index is 2030. The molecule has 6 aromatic rings. The van der Waals surface area contributed by atoms with Crippen molar-refractivity contribution in [1.82, 2.24) is 24.1 Å². The van der Waals surface area contributed by atoms with Crippen LogP contribution >= 0.6 is 0 Å². The first-order valence-corrected chi connectivity index (χ1v) is 12.8. The quantitative estimate of drug-likeness (QED) is 0.257. The molecule has 4 aromatic heterocycles. The van der Waals surface area contributed by atoms with E-state index in [9.17, 15) is 9.18 Å². The molecule has 0 fully saturated rings. The molecule has 4 heterocycles. The third kappa shape index (κ3) is 4.35. The molecule has 0 spiro atoms. The van der Waals surface area contributed by atoms with Crippen LogP contribution in [0.1, 0.15) is 19.9 Å². The molecule has 0 saturated heterocycles. The van der Waals surface area contributed by atoms with Crippen molar-refractivity contribution < 1.29 is 13.2 Å². The second-order valence-electron chi connectivity index (χ2n) is 9.98. The number of hydrogen-bond acceptors (Lipinski definition) is 6. The van der Waals surface area contributed by atoms with Gasteiger partial charge in [0.1, 0.15) is 41.1 Å². The molecule has 0 aliphatic heterocycles. The zero-order chi connectivity index (χ0) is 29.0. The number of hydrogen-bond donors (Lipinski definition) is 2. The Labute approximate surface area is 231 Å². The second-order valence-corrected chi connectivity index (χ2v) is 9.98. The fourth-order valence-corrected chi connectivity index (χ4v) is 5.07. The lowest BCUT2D eigenvalue weighted by Gasteiger charge is -2.19. The van der Waals surface area contributed by atoms with E-state index in [-0.39, 0.29) is 39.7 Å². The molecular formula is C30H24F3N7O. The van der Waals surface area contributed by atoms with E-state index in [4.69, 9.17) is 5.73 Å². The molecule has 11 heteroatoms. The average molecular weight is 556 g/mol. The van der Waals surface area contributed by atoms with Gasteiger partial charge in [0.15, 0.2) is 0 Å². The van der Waals surface area contributed by atoms with Gasteiger partial charge in [-0.25, -0.2) is 28.1 Å². The van der Waals surface area contributed by atoms with Crippen LogP contribution in [0.15, 0.2) is 72.2 Å². The van der Waals surface area contributed by atoms with Gasteiger partial charge < -0.3 is 20.2 Å². The van der Waals surface area contributed by atoms with Crippen LogP contribution in [0.3, 0.4) is 0 Å². The number of pyridine rings is 2. The summed E-state index contributed by atoms with van der Waals surface area (Å²) in [6, 6.07) is 9.28. The third-order valence-corrected chi connectivity index (χ3v) is 7.04. The van der Waals surface area contributed by atoms with E-state index >= 15 is 8.78 Å². The monoisotopic (exact) mass is 555 g/mol. The molecule has 0 amide bonds. The number of nitrogens with zero attached hydrogens (tertiary/aromatic N) is 5. The van der Waals surface area contributed by atoms with Crippen molar-refractivity contribution in [3.05, 3.63) is 95.1 Å². The minimum absolute atomic E-state index is 0.0215. The predicted molar refractivity (Wildman–Crippen MR) is 153 cm³/mol. The second kappa shape index (κ2) is 9.77. The normalized spacial score (nSPS) is 11.6. The van der Waals surface area contributed by atoms with Crippen LogP contribution in [0.2, 0.25) is 0 Å². The molecule has 0 atom stereocenters. The van der Waals surface area contributed by atoms with Gasteiger partial charge in [0.05, 0.1) is 22.0 Å². The number of rotatable bonds is 5. The number of nitrogen functional groups attached to an aromatic ring is 1. The highest BCUT2D eigenvalue weighted by Gasteiger charge is 2.21. The van der Waals surface area contributed by atoms with Gasteiger partial charge in [-0.15, -0.1) is 0 Å². The SMILES string of the molecule is CC(C)n1cc(-c2ccc(F)cc2)c(=O)c2c(Nc3cc(F)c(-c4cn(C)c5ncnc(N)c45)cc3F)nccc21. The number of benzene rings is 2. The fourth-order valence-electron chi connectivity index (χ4n) is 5.07. The van der Waals surface area contributed by atoms with Crippen LogP contribution in [-0.2, 0) is 7.05 Å². The highest BCUT2D eigenvalue weighted by molar-refractivity contribution is 6.01. The first kappa shape index (κ1) is 26.1. The Morgan fingerprint density at radius 2 is 1.63 bits per heavy atom. The molecule has 8 nitrogen and oxygen atoms in total. The van der Waals surface area contributed by atoms with Crippen molar-refractivity contribution in [1.29, 1.82) is 0 Å². The number of fused-ring (bicyclic) bond motifs is 2. The van der Waals surface area contributed by atoms with Gasteiger partial charge in [-0.05, 0) is 43.7 Å². The standard InChI is InChI=1S/C30H24F3N7O/c1-15(2)40-13-19(16-4-6-17(31)7-5-16)27(41)26-24(40)8-9-35-29(26)38-23-11-21(32)18(10-22(23)33)20-12-39(3)30-25(20)28(34)36-14-37-30/h4-15H,1-3H3,(H,35,38)(H2,34,36,37). The van der Waals surface area contributed by atoms with E-state index in [1.54, 1.807) is 30.1 Å². The molecule has 0 bridgehead atoms. The predicted octanol–water partition coefficient (Wildman–Crippen LogP) is 6.34. The van der Waals surface area contributed by atoms with E-state index in [0.717, 1.165) is 12.1 Å². The lowest BCUT2D eigenvalue weighted by atomic mass is 10.0. The number of nitrogens with two attached hydrogens (primary N) is 1. The van der Waals surface area contributed by atoms with Crippen molar-refractivity contribution in [3.8, 4) is 22.3 Å². The minimum atomic E-state index is -0.772. The van der Waals surface area contributed by atoms with Crippen molar-refractivity contribution in [2.45, 2.75) is 19.9 Å². The summed E-state index contributed by atoms with van der Waals surface area (Å²) in [5, 5.41) is 3.42. The van der Waals surface area contributed by atoms with Crippen molar-refractivity contribution >= 4 is 39.3 Å². The van der Waals surface area contributed by atoms with E-state index < -0.39 is 17.5 Å². The summed E-state index contributed by atoms with van der Waals surface area (Å²) >= 11 is 0. The van der Waals surface area contributed by atoms with Crippen molar-refractivity contribution in [2.24, 2.45) is 7.05 Å². The Morgan fingerprint density at radius 1 is 0.878 bits per heavy atom. The maximum atomic E-state index is 15.6. The third-order valence-electron chi connectivity index (χ3n) is 7.04. The maximum absolute atomic E-state index is 15.6. The van der Waals surface area contributed by atoms with Gasteiger partial charge in [-0.2, -0.15) is 0 Å². The van der Waals surface area contributed by atoms with Gasteiger partial charge in [0, 0.05) is 54.4 Å². The smallest absolute Gasteiger partial charge is 0.200 e. The van der Waals surface area contributed by atoms with Crippen LogP contribution in [0, 0.1) is 17.5 Å². The highest BCUT2D eigenvalue weighted by atomic mass is 19.1. The Balaban J connectivity index is 1.50. The Kier molecular flexibility index (Phi) is 6.21. The molecule has 2 aromatic carbocycles. The molecule has 0 unspecified atom stereocenters. The summed E-state index contributed by atoms with van der Waals surface area (Å²) in [5.74, 6) is -1.73. The first-order valence-electron chi connectivity index (χ1n) is 12.8. The summed E-state index contributed by atoms with van der Waals surface area (Å²) < 4.78 is 48.2.